The molecule has 0 amide bonds. The van der Waals surface area contributed by atoms with Crippen molar-refractivity contribution in [1.29, 1.82) is 0 Å². The number of ketones is 1. The van der Waals surface area contributed by atoms with Gasteiger partial charge in [0.05, 0.1) is 25.2 Å². The van der Waals surface area contributed by atoms with Crippen LogP contribution in [-0.2, 0) is 0 Å². The minimum atomic E-state index is -0.314. The number of methoxy groups -OCH3 is 1. The summed E-state index contributed by atoms with van der Waals surface area (Å²) in [7, 11) is 5.67. The lowest BCUT2D eigenvalue weighted by Gasteiger charge is -2.15. The van der Waals surface area contributed by atoms with Crippen LogP contribution in [0.5, 0.6) is 5.75 Å². The average molecular weight is 345 g/mol. The number of carbonyl (C=O) groups excluding carboxylic acids is 1. The monoisotopic (exact) mass is 344 g/mol. The summed E-state index contributed by atoms with van der Waals surface area (Å²) in [5, 5.41) is 0.549. The molecule has 0 spiro atoms. The largest absolute Gasteiger partial charge is 0.497 e. The molecular formula is C19H21ClN2O2. The van der Waals surface area contributed by atoms with Crippen molar-refractivity contribution in [3.8, 4) is 5.75 Å². The maximum absolute atomic E-state index is 12.9. The van der Waals surface area contributed by atoms with Gasteiger partial charge in [-0.3, -0.25) is 4.79 Å². The predicted octanol–water partition coefficient (Wildman–Crippen LogP) is 4.18. The Morgan fingerprint density at radius 3 is 2.50 bits per heavy atom. The molecule has 2 aromatic carbocycles. The van der Waals surface area contributed by atoms with Gasteiger partial charge in [-0.1, -0.05) is 24.6 Å². The third-order valence-corrected chi connectivity index (χ3v) is 4.90. The Hall–Kier alpha value is -2.20. The zero-order valence-corrected chi connectivity index (χ0v) is 15.1. The molecule has 1 aliphatic heterocycles. The summed E-state index contributed by atoms with van der Waals surface area (Å²) in [5.41, 5.74) is 3.74. The van der Waals surface area contributed by atoms with E-state index in [1.807, 2.05) is 51.4 Å². The first-order valence-corrected chi connectivity index (χ1v) is 8.24. The van der Waals surface area contributed by atoms with Crippen molar-refractivity contribution in [3.05, 3.63) is 52.5 Å². The highest BCUT2D eigenvalue weighted by molar-refractivity contribution is 6.32. The Morgan fingerprint density at radius 1 is 1.12 bits per heavy atom. The zero-order valence-electron chi connectivity index (χ0n) is 14.3. The van der Waals surface area contributed by atoms with Crippen molar-refractivity contribution in [2.75, 3.05) is 37.7 Å². The van der Waals surface area contributed by atoms with Gasteiger partial charge >= 0.3 is 0 Å². The van der Waals surface area contributed by atoms with Crippen molar-refractivity contribution >= 4 is 28.8 Å². The molecule has 4 nitrogen and oxygen atoms in total. The van der Waals surface area contributed by atoms with E-state index in [4.69, 9.17) is 16.3 Å². The van der Waals surface area contributed by atoms with Crippen molar-refractivity contribution < 1.29 is 9.53 Å². The van der Waals surface area contributed by atoms with E-state index in [0.717, 1.165) is 23.6 Å². The first kappa shape index (κ1) is 16.7. The number of rotatable bonds is 4. The van der Waals surface area contributed by atoms with E-state index in [9.17, 15) is 4.79 Å². The van der Waals surface area contributed by atoms with Gasteiger partial charge in [0.25, 0.3) is 0 Å². The van der Waals surface area contributed by atoms with Crippen LogP contribution in [0.3, 0.4) is 0 Å². The molecule has 0 radical (unpaired) electrons. The molecule has 24 heavy (non-hydrogen) atoms. The summed E-state index contributed by atoms with van der Waals surface area (Å²) in [4.78, 5) is 17.2. The fourth-order valence-corrected chi connectivity index (χ4v) is 3.49. The first-order chi connectivity index (χ1) is 11.4. The fraction of sp³-hybridized carbons (Fsp3) is 0.316. The highest BCUT2D eigenvalue weighted by atomic mass is 35.5. The molecule has 5 heteroatoms. The van der Waals surface area contributed by atoms with Crippen LogP contribution < -0.4 is 14.5 Å². The number of carbonyl (C=O) groups is 1. The predicted molar refractivity (Wildman–Crippen MR) is 98.9 cm³/mol. The second-order valence-corrected chi connectivity index (χ2v) is 6.62. The van der Waals surface area contributed by atoms with Crippen LogP contribution >= 0.6 is 11.6 Å². The molecule has 126 valence electrons. The molecular weight excluding hydrogens is 324 g/mol. The number of halogens is 1. The lowest BCUT2D eigenvalue weighted by molar-refractivity contribution is 0.0966. The van der Waals surface area contributed by atoms with Crippen LogP contribution in [0.25, 0.3) is 0 Å². The Labute approximate surface area is 147 Å². The molecule has 1 aliphatic rings. The number of nitrogens with zero attached hydrogens (tertiary/aromatic N) is 2. The van der Waals surface area contributed by atoms with E-state index < -0.39 is 0 Å². The molecule has 0 saturated carbocycles. The summed E-state index contributed by atoms with van der Waals surface area (Å²) in [5.74, 6) is 0.435. The molecule has 0 N–H and O–H groups in total. The molecule has 0 aliphatic carbocycles. The lowest BCUT2D eigenvalue weighted by Crippen LogP contribution is -2.23. The summed E-state index contributed by atoms with van der Waals surface area (Å²) in [6.45, 7) is 2.71. The number of Topliss-reactive ketones (excluding diaryl/α,β-unsaturated/α-hetero) is 1. The molecule has 0 aromatic heterocycles. The molecule has 1 unspecified atom stereocenters. The van der Waals surface area contributed by atoms with Crippen molar-refractivity contribution in [2.24, 2.45) is 0 Å². The number of benzene rings is 2. The molecule has 0 fully saturated rings. The van der Waals surface area contributed by atoms with E-state index in [1.54, 1.807) is 13.2 Å². The topological polar surface area (TPSA) is 32.8 Å². The Bertz CT molecular complexity index is 791. The quantitative estimate of drug-likeness (QED) is 0.779. The number of ether oxygens (including phenoxy) is 1. The van der Waals surface area contributed by atoms with Gasteiger partial charge in [0, 0.05) is 30.6 Å². The number of fused-ring (bicyclic) bond motifs is 1. The summed E-state index contributed by atoms with van der Waals surface area (Å²) in [6, 6.07) is 11.3. The molecule has 3 rings (SSSR count). The van der Waals surface area contributed by atoms with E-state index >= 15 is 0 Å². The van der Waals surface area contributed by atoms with Crippen LogP contribution in [0.4, 0.5) is 11.4 Å². The summed E-state index contributed by atoms with van der Waals surface area (Å²) < 4.78 is 5.17. The smallest absolute Gasteiger partial charge is 0.170 e. The average Bonchev–Trinajstić information content (AvgIpc) is 2.87. The molecule has 0 saturated heterocycles. The lowest BCUT2D eigenvalue weighted by atomic mass is 9.92. The molecule has 1 atom stereocenters. The fourth-order valence-electron chi connectivity index (χ4n) is 3.15. The SMILES string of the molecule is COc1ccc(C(C)C(=O)c2ccc3c(c2)N(C)CN3C)c(Cl)c1. The van der Waals surface area contributed by atoms with E-state index in [1.165, 1.54) is 0 Å². The standard InChI is InChI=1S/C19H21ClN2O2/c1-12(15-7-6-14(24-4)10-16(15)20)19(23)13-5-8-17-18(9-13)22(3)11-21(17)2/h5-10,12H,11H2,1-4H3. The van der Waals surface area contributed by atoms with E-state index in [2.05, 4.69) is 9.80 Å². The van der Waals surface area contributed by atoms with Crippen molar-refractivity contribution in [2.45, 2.75) is 12.8 Å². The van der Waals surface area contributed by atoms with Crippen LogP contribution in [0, 0.1) is 0 Å². The summed E-state index contributed by atoms with van der Waals surface area (Å²) in [6.07, 6.45) is 0. The van der Waals surface area contributed by atoms with Crippen LogP contribution in [0.1, 0.15) is 28.8 Å². The maximum Gasteiger partial charge on any atom is 0.170 e. The maximum atomic E-state index is 12.9. The van der Waals surface area contributed by atoms with Gasteiger partial charge in [-0.25, -0.2) is 0 Å². The molecule has 0 bridgehead atoms. The third kappa shape index (κ3) is 2.82. The summed E-state index contributed by atoms with van der Waals surface area (Å²) >= 11 is 6.32. The highest BCUT2D eigenvalue weighted by Gasteiger charge is 2.24. The highest BCUT2D eigenvalue weighted by Crippen LogP contribution is 2.36. The van der Waals surface area contributed by atoms with Gasteiger partial charge in [-0.05, 0) is 35.9 Å². The van der Waals surface area contributed by atoms with Crippen molar-refractivity contribution in [1.82, 2.24) is 0 Å². The van der Waals surface area contributed by atoms with Gasteiger partial charge in [-0.2, -0.15) is 0 Å². The van der Waals surface area contributed by atoms with E-state index in [0.29, 0.717) is 16.3 Å². The third-order valence-electron chi connectivity index (χ3n) is 4.57. The van der Waals surface area contributed by atoms with Gasteiger partial charge in [0.15, 0.2) is 5.78 Å². The Kier molecular flexibility index (Phi) is 4.41. The van der Waals surface area contributed by atoms with Gasteiger partial charge in [0.2, 0.25) is 0 Å². The minimum Gasteiger partial charge on any atom is -0.497 e. The second kappa shape index (κ2) is 6.36. The van der Waals surface area contributed by atoms with Crippen molar-refractivity contribution in [3.63, 3.8) is 0 Å². The van der Waals surface area contributed by atoms with E-state index in [-0.39, 0.29) is 11.7 Å². The van der Waals surface area contributed by atoms with Gasteiger partial charge in [0.1, 0.15) is 5.75 Å². The van der Waals surface area contributed by atoms with Crippen LogP contribution in [0.15, 0.2) is 36.4 Å². The van der Waals surface area contributed by atoms with Crippen LogP contribution in [-0.4, -0.2) is 33.7 Å². The Balaban J connectivity index is 1.91. The number of hydrogen-bond acceptors (Lipinski definition) is 4. The minimum absolute atomic E-state index is 0.0628. The molecule has 2 aromatic rings. The second-order valence-electron chi connectivity index (χ2n) is 6.21. The molecule has 1 heterocycles. The number of anilines is 2. The number of hydrogen-bond donors (Lipinski definition) is 0. The van der Waals surface area contributed by atoms with Crippen LogP contribution in [0.2, 0.25) is 5.02 Å². The Morgan fingerprint density at radius 2 is 1.83 bits per heavy atom. The zero-order chi connectivity index (χ0) is 17.4. The van der Waals surface area contributed by atoms with Gasteiger partial charge in [-0.15, -0.1) is 0 Å². The first-order valence-electron chi connectivity index (χ1n) is 7.86. The normalized spacial score (nSPS) is 14.5. The van der Waals surface area contributed by atoms with Gasteiger partial charge < -0.3 is 14.5 Å².